The Morgan fingerprint density at radius 2 is 1.83 bits per heavy atom. The Balaban J connectivity index is 1.78. The summed E-state index contributed by atoms with van der Waals surface area (Å²) in [4.78, 5) is 23.8. The van der Waals surface area contributed by atoms with E-state index in [0.29, 0.717) is 12.1 Å². The minimum atomic E-state index is -0.390. The van der Waals surface area contributed by atoms with Gasteiger partial charge in [0, 0.05) is 23.8 Å². The number of nitrogens with zero attached hydrogens (tertiary/aromatic N) is 1. The second-order valence-electron chi connectivity index (χ2n) is 6.74. The van der Waals surface area contributed by atoms with Gasteiger partial charge in [0.25, 0.3) is 0 Å². The van der Waals surface area contributed by atoms with Crippen LogP contribution in [0.1, 0.15) is 55.4 Å². The van der Waals surface area contributed by atoms with Crippen LogP contribution in [0.5, 0.6) is 0 Å². The molecule has 2 N–H and O–H groups in total. The highest BCUT2D eigenvalue weighted by Crippen LogP contribution is 2.20. The van der Waals surface area contributed by atoms with Gasteiger partial charge in [-0.1, -0.05) is 20.8 Å². The lowest BCUT2D eigenvalue weighted by atomic mass is 9.92. The number of H-pyrrole nitrogens is 1. The van der Waals surface area contributed by atoms with E-state index >= 15 is 0 Å². The number of carbonyl (C=O) groups is 2. The Morgan fingerprint density at radius 1 is 1.17 bits per heavy atom. The molecule has 1 aromatic carbocycles. The third-order valence-corrected chi connectivity index (χ3v) is 3.62. The van der Waals surface area contributed by atoms with Crippen LogP contribution in [-0.4, -0.2) is 21.9 Å². The fourth-order valence-electron chi connectivity index (χ4n) is 2.13. The van der Waals surface area contributed by atoms with Gasteiger partial charge in [0.15, 0.2) is 5.78 Å². The standard InChI is InChI=1S/C18H22FN3O2/c1-18(2,3)16-10-14(21-22-16)11-20-17(24)9-8-15(23)12-4-6-13(19)7-5-12/h4-7,10H,8-9,11H2,1-3H3,(H,20,24)(H,21,22). The maximum Gasteiger partial charge on any atom is 0.220 e. The second kappa shape index (κ2) is 7.38. The monoisotopic (exact) mass is 331 g/mol. The predicted molar refractivity (Wildman–Crippen MR) is 89.1 cm³/mol. The van der Waals surface area contributed by atoms with Crippen LogP contribution in [0.4, 0.5) is 4.39 Å². The van der Waals surface area contributed by atoms with Crippen LogP contribution in [0.2, 0.25) is 0 Å². The number of hydrogen-bond donors (Lipinski definition) is 2. The summed E-state index contributed by atoms with van der Waals surface area (Å²) in [5.41, 5.74) is 2.10. The van der Waals surface area contributed by atoms with Crippen LogP contribution in [-0.2, 0) is 16.8 Å². The van der Waals surface area contributed by atoms with E-state index in [9.17, 15) is 14.0 Å². The van der Waals surface area contributed by atoms with Crippen LogP contribution in [0, 0.1) is 5.82 Å². The number of benzene rings is 1. The van der Waals surface area contributed by atoms with Crippen molar-refractivity contribution in [3.63, 3.8) is 0 Å². The minimum Gasteiger partial charge on any atom is -0.350 e. The average molecular weight is 331 g/mol. The van der Waals surface area contributed by atoms with E-state index in [1.165, 1.54) is 24.3 Å². The van der Waals surface area contributed by atoms with Crippen molar-refractivity contribution in [3.05, 3.63) is 53.1 Å². The molecule has 0 fully saturated rings. The zero-order valence-electron chi connectivity index (χ0n) is 14.1. The number of carbonyl (C=O) groups excluding carboxylic acids is 2. The van der Waals surface area contributed by atoms with Crippen molar-refractivity contribution in [2.45, 2.75) is 45.6 Å². The molecule has 0 aliphatic rings. The van der Waals surface area contributed by atoms with Gasteiger partial charge in [0.05, 0.1) is 17.9 Å². The molecule has 0 aliphatic carbocycles. The van der Waals surface area contributed by atoms with E-state index in [1.54, 1.807) is 0 Å². The van der Waals surface area contributed by atoms with Crippen molar-refractivity contribution >= 4 is 11.7 Å². The third-order valence-electron chi connectivity index (χ3n) is 3.62. The first kappa shape index (κ1) is 17.8. The number of amides is 1. The molecule has 5 nitrogen and oxygen atoms in total. The van der Waals surface area contributed by atoms with E-state index in [4.69, 9.17) is 0 Å². The highest BCUT2D eigenvalue weighted by molar-refractivity contribution is 5.97. The molecule has 128 valence electrons. The minimum absolute atomic E-state index is 0.0552. The summed E-state index contributed by atoms with van der Waals surface area (Å²) in [5, 5.41) is 9.88. The first-order valence-electron chi connectivity index (χ1n) is 7.86. The van der Waals surface area contributed by atoms with Crippen LogP contribution in [0.15, 0.2) is 30.3 Å². The molecule has 2 aromatic rings. The van der Waals surface area contributed by atoms with Crippen molar-refractivity contribution in [2.75, 3.05) is 0 Å². The zero-order chi connectivity index (χ0) is 17.7. The molecular weight excluding hydrogens is 309 g/mol. The number of hydrogen-bond acceptors (Lipinski definition) is 3. The van der Waals surface area contributed by atoms with Gasteiger partial charge < -0.3 is 5.32 Å². The number of aromatic amines is 1. The van der Waals surface area contributed by atoms with Gasteiger partial charge in [-0.05, 0) is 30.3 Å². The number of Topliss-reactive ketones (excluding diaryl/α,β-unsaturated/α-hetero) is 1. The third kappa shape index (κ3) is 5.01. The molecule has 24 heavy (non-hydrogen) atoms. The first-order chi connectivity index (χ1) is 11.3. The predicted octanol–water partition coefficient (Wildman–Crippen LogP) is 3.13. The summed E-state index contributed by atoms with van der Waals surface area (Å²) in [6, 6.07) is 7.24. The molecule has 0 unspecified atom stereocenters. The first-order valence-corrected chi connectivity index (χ1v) is 7.86. The maximum atomic E-state index is 12.8. The molecule has 0 spiro atoms. The Hall–Kier alpha value is -2.50. The normalized spacial score (nSPS) is 11.3. The molecule has 1 amide bonds. The quantitative estimate of drug-likeness (QED) is 0.799. The molecule has 1 heterocycles. The van der Waals surface area contributed by atoms with E-state index in [-0.39, 0.29) is 29.9 Å². The van der Waals surface area contributed by atoms with E-state index < -0.39 is 5.82 Å². The van der Waals surface area contributed by atoms with Crippen LogP contribution < -0.4 is 5.32 Å². The molecule has 0 saturated heterocycles. The van der Waals surface area contributed by atoms with Crippen molar-refractivity contribution in [3.8, 4) is 0 Å². The smallest absolute Gasteiger partial charge is 0.220 e. The fourth-order valence-corrected chi connectivity index (χ4v) is 2.13. The molecular formula is C18H22FN3O2. The van der Waals surface area contributed by atoms with Gasteiger partial charge in [-0.15, -0.1) is 0 Å². The van der Waals surface area contributed by atoms with Crippen molar-refractivity contribution in [2.24, 2.45) is 0 Å². The number of halogens is 1. The SMILES string of the molecule is CC(C)(C)c1cc(CNC(=O)CCC(=O)c2ccc(F)cc2)[nH]n1. The van der Waals surface area contributed by atoms with E-state index in [2.05, 4.69) is 36.3 Å². The van der Waals surface area contributed by atoms with Gasteiger partial charge in [-0.25, -0.2) is 4.39 Å². The molecule has 6 heteroatoms. The van der Waals surface area contributed by atoms with Gasteiger partial charge >= 0.3 is 0 Å². The number of nitrogens with one attached hydrogen (secondary N) is 2. The molecule has 0 radical (unpaired) electrons. The van der Waals surface area contributed by atoms with Gasteiger partial charge in [0.2, 0.25) is 5.91 Å². The Bertz CT molecular complexity index is 715. The van der Waals surface area contributed by atoms with E-state index in [1.807, 2.05) is 6.07 Å². The Morgan fingerprint density at radius 3 is 2.42 bits per heavy atom. The van der Waals surface area contributed by atoms with Gasteiger partial charge in [-0.3, -0.25) is 14.7 Å². The number of ketones is 1. The maximum absolute atomic E-state index is 12.8. The lowest BCUT2D eigenvalue weighted by Gasteiger charge is -2.13. The molecule has 1 aromatic heterocycles. The summed E-state index contributed by atoms with van der Waals surface area (Å²) >= 11 is 0. The van der Waals surface area contributed by atoms with Crippen molar-refractivity contribution < 1.29 is 14.0 Å². The second-order valence-corrected chi connectivity index (χ2v) is 6.74. The summed E-state index contributed by atoms with van der Waals surface area (Å²) in [6.45, 7) is 6.53. The molecule has 2 rings (SSSR count). The molecule has 0 bridgehead atoms. The number of aromatic nitrogens is 2. The highest BCUT2D eigenvalue weighted by atomic mass is 19.1. The van der Waals surface area contributed by atoms with Gasteiger partial charge in [-0.2, -0.15) is 5.10 Å². The molecule has 0 saturated carbocycles. The Labute approximate surface area is 140 Å². The molecule has 0 atom stereocenters. The van der Waals surface area contributed by atoms with Gasteiger partial charge in [0.1, 0.15) is 5.82 Å². The van der Waals surface area contributed by atoms with Crippen molar-refractivity contribution in [1.29, 1.82) is 0 Å². The number of rotatable bonds is 6. The Kier molecular flexibility index (Phi) is 5.49. The van der Waals surface area contributed by atoms with Crippen molar-refractivity contribution in [1.82, 2.24) is 15.5 Å². The fraction of sp³-hybridized carbons (Fsp3) is 0.389. The van der Waals surface area contributed by atoms with Crippen LogP contribution in [0.3, 0.4) is 0 Å². The summed E-state index contributed by atoms with van der Waals surface area (Å²) < 4.78 is 12.8. The molecule has 0 aliphatic heterocycles. The largest absolute Gasteiger partial charge is 0.350 e. The summed E-state index contributed by atoms with van der Waals surface area (Å²) in [5.74, 6) is -0.780. The average Bonchev–Trinajstić information content (AvgIpc) is 3.00. The lowest BCUT2D eigenvalue weighted by Crippen LogP contribution is -2.23. The summed E-state index contributed by atoms with van der Waals surface area (Å²) in [6.07, 6.45) is 0.185. The zero-order valence-corrected chi connectivity index (χ0v) is 14.1. The highest BCUT2D eigenvalue weighted by Gasteiger charge is 2.17. The summed E-state index contributed by atoms with van der Waals surface area (Å²) in [7, 11) is 0. The topological polar surface area (TPSA) is 74.8 Å². The van der Waals surface area contributed by atoms with Crippen LogP contribution >= 0.6 is 0 Å². The lowest BCUT2D eigenvalue weighted by molar-refractivity contribution is -0.121. The van der Waals surface area contributed by atoms with Crippen LogP contribution in [0.25, 0.3) is 0 Å². The van der Waals surface area contributed by atoms with E-state index in [0.717, 1.165) is 11.4 Å².